The summed E-state index contributed by atoms with van der Waals surface area (Å²) in [7, 11) is 0. The number of nitrogens with two attached hydrogens (primary N) is 1. The number of hydrogen-bond acceptors (Lipinski definition) is 5. The first-order valence-corrected chi connectivity index (χ1v) is 5.11. The topological polar surface area (TPSA) is 89.3 Å². The van der Waals surface area contributed by atoms with Crippen LogP contribution in [0.25, 0.3) is 0 Å². The predicted octanol–water partition coefficient (Wildman–Crippen LogP) is 0.877. The highest BCUT2D eigenvalue weighted by molar-refractivity contribution is 7.99. The molecule has 0 spiro atoms. The zero-order valence-electron chi connectivity index (χ0n) is 7.77. The SMILES string of the molecule is Cc1coc(SCCC(N)C(=O)O)n1. The maximum atomic E-state index is 10.4. The number of nitrogens with zero attached hydrogens (tertiary/aromatic N) is 1. The summed E-state index contributed by atoms with van der Waals surface area (Å²) in [6.45, 7) is 1.83. The molecule has 5 nitrogen and oxygen atoms in total. The van der Waals surface area contributed by atoms with Crippen molar-refractivity contribution >= 4 is 17.7 Å². The van der Waals surface area contributed by atoms with E-state index in [1.54, 1.807) is 6.26 Å². The number of aryl methyl sites for hydroxylation is 1. The number of carbonyl (C=O) groups is 1. The molecule has 0 saturated heterocycles. The first-order valence-electron chi connectivity index (χ1n) is 4.13. The maximum absolute atomic E-state index is 10.4. The van der Waals surface area contributed by atoms with Gasteiger partial charge < -0.3 is 15.3 Å². The molecule has 1 heterocycles. The summed E-state index contributed by atoms with van der Waals surface area (Å²) in [4.78, 5) is 14.4. The van der Waals surface area contributed by atoms with Gasteiger partial charge in [-0.25, -0.2) is 4.98 Å². The Morgan fingerprint density at radius 3 is 3.07 bits per heavy atom. The number of aliphatic carboxylic acids is 1. The van der Waals surface area contributed by atoms with Gasteiger partial charge >= 0.3 is 5.97 Å². The molecule has 0 saturated carbocycles. The van der Waals surface area contributed by atoms with Crippen LogP contribution in [0.15, 0.2) is 15.9 Å². The van der Waals surface area contributed by atoms with Gasteiger partial charge in [0, 0.05) is 5.75 Å². The van der Waals surface area contributed by atoms with Gasteiger partial charge in [0.05, 0.1) is 5.69 Å². The smallest absolute Gasteiger partial charge is 0.320 e. The van der Waals surface area contributed by atoms with Crippen molar-refractivity contribution in [2.24, 2.45) is 5.73 Å². The predicted molar refractivity (Wildman–Crippen MR) is 52.2 cm³/mol. The van der Waals surface area contributed by atoms with Crippen LogP contribution in [0.3, 0.4) is 0 Å². The fraction of sp³-hybridized carbons (Fsp3) is 0.500. The average Bonchev–Trinajstić information content (AvgIpc) is 2.51. The fourth-order valence-corrected chi connectivity index (χ4v) is 1.67. The number of oxazole rings is 1. The van der Waals surface area contributed by atoms with E-state index in [1.165, 1.54) is 11.8 Å². The largest absolute Gasteiger partial charge is 0.480 e. The van der Waals surface area contributed by atoms with Crippen LogP contribution in [-0.2, 0) is 4.79 Å². The molecule has 0 aromatic carbocycles. The fourth-order valence-electron chi connectivity index (χ4n) is 0.795. The zero-order chi connectivity index (χ0) is 10.6. The summed E-state index contributed by atoms with van der Waals surface area (Å²) in [6.07, 6.45) is 1.96. The molecular formula is C8H12N2O3S. The normalized spacial score (nSPS) is 12.7. The van der Waals surface area contributed by atoms with Gasteiger partial charge in [-0.05, 0) is 13.3 Å². The average molecular weight is 216 g/mol. The van der Waals surface area contributed by atoms with Crippen molar-refractivity contribution in [2.75, 3.05) is 5.75 Å². The summed E-state index contributed by atoms with van der Waals surface area (Å²) in [5, 5.41) is 9.07. The number of hydrogen-bond donors (Lipinski definition) is 2. The van der Waals surface area contributed by atoms with Gasteiger partial charge in [-0.15, -0.1) is 0 Å². The Labute approximate surface area is 85.7 Å². The van der Waals surface area contributed by atoms with Crippen molar-refractivity contribution in [3.8, 4) is 0 Å². The molecule has 0 amide bonds. The standard InChI is InChI=1S/C8H12N2O3S/c1-5-4-13-8(10-5)14-3-2-6(9)7(11)12/h4,6H,2-3,9H2,1H3,(H,11,12). The highest BCUT2D eigenvalue weighted by Crippen LogP contribution is 2.17. The van der Waals surface area contributed by atoms with Crippen LogP contribution in [0.4, 0.5) is 0 Å². The maximum Gasteiger partial charge on any atom is 0.320 e. The van der Waals surface area contributed by atoms with Crippen LogP contribution >= 0.6 is 11.8 Å². The Bertz CT molecular complexity index is 313. The minimum absolute atomic E-state index is 0.404. The van der Waals surface area contributed by atoms with Crippen molar-refractivity contribution < 1.29 is 14.3 Å². The Morgan fingerprint density at radius 1 is 1.86 bits per heavy atom. The molecule has 14 heavy (non-hydrogen) atoms. The Hall–Kier alpha value is -1.01. The number of carboxylic acid groups (broad SMARTS) is 1. The molecule has 0 aliphatic rings. The molecule has 3 N–H and O–H groups in total. The lowest BCUT2D eigenvalue weighted by molar-refractivity contribution is -0.138. The Morgan fingerprint density at radius 2 is 2.57 bits per heavy atom. The summed E-state index contributed by atoms with van der Waals surface area (Å²) < 4.78 is 5.07. The van der Waals surface area contributed by atoms with Gasteiger partial charge in [-0.2, -0.15) is 0 Å². The molecular weight excluding hydrogens is 204 g/mol. The monoisotopic (exact) mass is 216 g/mol. The third kappa shape index (κ3) is 3.39. The van der Waals surface area contributed by atoms with Crippen LogP contribution in [0.5, 0.6) is 0 Å². The molecule has 0 aliphatic carbocycles. The van der Waals surface area contributed by atoms with E-state index in [2.05, 4.69) is 4.98 Å². The van der Waals surface area contributed by atoms with Gasteiger partial charge in [0.15, 0.2) is 0 Å². The van der Waals surface area contributed by atoms with Crippen molar-refractivity contribution in [3.63, 3.8) is 0 Å². The molecule has 0 radical (unpaired) electrons. The van der Waals surface area contributed by atoms with E-state index in [4.69, 9.17) is 15.3 Å². The van der Waals surface area contributed by atoms with E-state index in [0.29, 0.717) is 17.4 Å². The Balaban J connectivity index is 2.25. The quantitative estimate of drug-likeness (QED) is 0.710. The van der Waals surface area contributed by atoms with Gasteiger partial charge in [0.2, 0.25) is 0 Å². The molecule has 0 bridgehead atoms. The highest BCUT2D eigenvalue weighted by atomic mass is 32.2. The van der Waals surface area contributed by atoms with Crippen LogP contribution in [0.2, 0.25) is 0 Å². The molecule has 0 aliphatic heterocycles. The van der Waals surface area contributed by atoms with E-state index >= 15 is 0 Å². The van der Waals surface area contributed by atoms with E-state index < -0.39 is 12.0 Å². The highest BCUT2D eigenvalue weighted by Gasteiger charge is 2.11. The number of aromatic nitrogens is 1. The van der Waals surface area contributed by atoms with Crippen LogP contribution in [0, 0.1) is 6.92 Å². The lowest BCUT2D eigenvalue weighted by Crippen LogP contribution is -2.30. The molecule has 1 rings (SSSR count). The molecule has 1 atom stereocenters. The molecule has 78 valence electrons. The third-order valence-corrected chi connectivity index (χ3v) is 2.44. The summed E-state index contributed by atoms with van der Waals surface area (Å²) in [6, 6.07) is -0.807. The summed E-state index contributed by atoms with van der Waals surface area (Å²) in [5.74, 6) is -0.387. The lowest BCUT2D eigenvalue weighted by Gasteiger charge is -2.03. The van der Waals surface area contributed by atoms with E-state index in [1.807, 2.05) is 6.92 Å². The molecule has 1 aromatic heterocycles. The second kappa shape index (κ2) is 5.02. The van der Waals surface area contributed by atoms with Gasteiger partial charge in [-0.1, -0.05) is 11.8 Å². The second-order valence-corrected chi connectivity index (χ2v) is 3.88. The molecule has 0 fully saturated rings. The van der Waals surface area contributed by atoms with Gasteiger partial charge in [0.1, 0.15) is 12.3 Å². The third-order valence-electron chi connectivity index (χ3n) is 1.57. The number of thioether (sulfide) groups is 1. The van der Waals surface area contributed by atoms with Gasteiger partial charge in [-0.3, -0.25) is 4.79 Å². The van der Waals surface area contributed by atoms with Crippen LogP contribution in [-0.4, -0.2) is 27.9 Å². The van der Waals surface area contributed by atoms with Gasteiger partial charge in [0.25, 0.3) is 5.22 Å². The van der Waals surface area contributed by atoms with Crippen molar-refractivity contribution in [1.82, 2.24) is 4.98 Å². The minimum Gasteiger partial charge on any atom is -0.480 e. The van der Waals surface area contributed by atoms with Crippen LogP contribution in [0.1, 0.15) is 12.1 Å². The molecule has 1 unspecified atom stereocenters. The zero-order valence-corrected chi connectivity index (χ0v) is 8.58. The van der Waals surface area contributed by atoms with Crippen molar-refractivity contribution in [3.05, 3.63) is 12.0 Å². The summed E-state index contributed by atoms with van der Waals surface area (Å²) in [5.41, 5.74) is 6.14. The minimum atomic E-state index is -0.978. The summed E-state index contributed by atoms with van der Waals surface area (Å²) >= 11 is 1.37. The van der Waals surface area contributed by atoms with Crippen LogP contribution < -0.4 is 5.73 Å². The molecule has 6 heteroatoms. The van der Waals surface area contributed by atoms with Crippen molar-refractivity contribution in [2.45, 2.75) is 24.6 Å². The van der Waals surface area contributed by atoms with E-state index in [9.17, 15) is 4.79 Å². The van der Waals surface area contributed by atoms with E-state index in [-0.39, 0.29) is 0 Å². The lowest BCUT2D eigenvalue weighted by atomic mass is 10.2. The number of rotatable bonds is 5. The Kier molecular flexibility index (Phi) is 3.97. The first kappa shape index (κ1) is 11.1. The first-order chi connectivity index (χ1) is 6.59. The van der Waals surface area contributed by atoms with Crippen molar-refractivity contribution in [1.29, 1.82) is 0 Å². The van der Waals surface area contributed by atoms with E-state index in [0.717, 1.165) is 5.69 Å². The molecule has 1 aromatic rings. The number of carboxylic acids is 1. The second-order valence-electron chi connectivity index (χ2n) is 2.84.